The van der Waals surface area contributed by atoms with Gasteiger partial charge >= 0.3 is 0 Å². The third-order valence-corrected chi connectivity index (χ3v) is 6.07. The smallest absolute Gasteiger partial charge is 0.221 e. The van der Waals surface area contributed by atoms with Crippen molar-refractivity contribution in [3.8, 4) is 0 Å². The van der Waals surface area contributed by atoms with Crippen molar-refractivity contribution in [2.75, 3.05) is 43.9 Å². The molecular weight excluding hydrogens is 380 g/mol. The fourth-order valence-electron chi connectivity index (χ4n) is 2.85. The van der Waals surface area contributed by atoms with Gasteiger partial charge in [-0.05, 0) is 30.8 Å². The second kappa shape index (κ2) is 9.97. The summed E-state index contributed by atoms with van der Waals surface area (Å²) in [5, 5.41) is 3.69. The van der Waals surface area contributed by atoms with E-state index in [1.807, 2.05) is 42.6 Å². The lowest BCUT2D eigenvalue weighted by Gasteiger charge is -2.33. The number of hydrogen-bond donors (Lipinski definition) is 1. The molecule has 27 heavy (non-hydrogen) atoms. The number of amides is 1. The highest BCUT2D eigenvalue weighted by Crippen LogP contribution is 2.26. The Labute approximate surface area is 170 Å². The van der Waals surface area contributed by atoms with Crippen molar-refractivity contribution >= 4 is 35.1 Å². The van der Waals surface area contributed by atoms with Crippen LogP contribution in [0.1, 0.15) is 12.0 Å². The Morgan fingerprint density at radius 3 is 2.67 bits per heavy atom. The lowest BCUT2D eigenvalue weighted by Crippen LogP contribution is -2.44. The Balaban J connectivity index is 1.39. The number of pyridine rings is 1. The van der Waals surface area contributed by atoms with E-state index in [1.165, 1.54) is 0 Å². The number of carbonyl (C=O) groups is 1. The number of anilines is 1. The minimum absolute atomic E-state index is 0.0395. The van der Waals surface area contributed by atoms with Crippen molar-refractivity contribution in [2.45, 2.75) is 17.9 Å². The van der Waals surface area contributed by atoms with Crippen LogP contribution < -0.4 is 10.2 Å². The van der Waals surface area contributed by atoms with Crippen molar-refractivity contribution in [1.82, 2.24) is 15.2 Å². The van der Waals surface area contributed by atoms with Gasteiger partial charge in [-0.1, -0.05) is 29.8 Å². The minimum Gasteiger partial charge on any atom is -0.354 e. The summed E-state index contributed by atoms with van der Waals surface area (Å²) in [6.07, 6.45) is 2.31. The Morgan fingerprint density at radius 1 is 1.19 bits per heavy atom. The molecule has 1 saturated heterocycles. The number of nitrogens with one attached hydrogen (secondary N) is 1. The Kier molecular flexibility index (Phi) is 7.38. The third-order valence-electron chi connectivity index (χ3n) is 4.55. The van der Waals surface area contributed by atoms with Crippen LogP contribution in [0.15, 0.2) is 47.5 Å². The Morgan fingerprint density at radius 2 is 1.96 bits per heavy atom. The molecule has 0 bridgehead atoms. The first-order valence-corrected chi connectivity index (χ1v) is 10.5. The van der Waals surface area contributed by atoms with Crippen molar-refractivity contribution in [2.24, 2.45) is 0 Å². The molecule has 2 heterocycles. The molecule has 1 aromatic heterocycles. The zero-order chi connectivity index (χ0) is 19.1. The molecule has 0 saturated carbocycles. The van der Waals surface area contributed by atoms with Crippen LogP contribution in [0.5, 0.6) is 0 Å². The number of halogens is 1. The van der Waals surface area contributed by atoms with Gasteiger partial charge < -0.3 is 15.1 Å². The van der Waals surface area contributed by atoms with Gasteiger partial charge in [0, 0.05) is 56.0 Å². The third kappa shape index (κ3) is 6.13. The standard InChI is InChI=1S/C20H25ClN4OS/c1-24-9-11-25(12-10-24)19-7-6-16(14-22-19)15-23-20(26)8-13-27-18-5-3-2-4-17(18)21/h2-7,14H,8-13,15H2,1H3,(H,23,26). The number of nitrogens with zero attached hydrogens (tertiary/aromatic N) is 3. The van der Waals surface area contributed by atoms with Gasteiger partial charge in [0.15, 0.2) is 0 Å². The predicted molar refractivity (Wildman–Crippen MR) is 113 cm³/mol. The van der Waals surface area contributed by atoms with Crippen LogP contribution in [-0.2, 0) is 11.3 Å². The van der Waals surface area contributed by atoms with E-state index in [4.69, 9.17) is 11.6 Å². The number of rotatable bonds is 7. The van der Waals surface area contributed by atoms with E-state index in [1.54, 1.807) is 11.8 Å². The molecule has 0 spiro atoms. The average Bonchev–Trinajstić information content (AvgIpc) is 2.69. The fourth-order valence-corrected chi connectivity index (χ4v) is 4.04. The molecule has 1 amide bonds. The highest BCUT2D eigenvalue weighted by atomic mass is 35.5. The molecule has 2 aromatic rings. The Hall–Kier alpha value is -1.76. The zero-order valence-corrected chi connectivity index (χ0v) is 17.1. The van der Waals surface area contributed by atoms with Crippen molar-refractivity contribution in [3.63, 3.8) is 0 Å². The summed E-state index contributed by atoms with van der Waals surface area (Å²) in [5.41, 5.74) is 1.01. The largest absolute Gasteiger partial charge is 0.354 e. The van der Waals surface area contributed by atoms with E-state index in [9.17, 15) is 4.79 Å². The van der Waals surface area contributed by atoms with Gasteiger partial charge in [0.05, 0.1) is 5.02 Å². The van der Waals surface area contributed by atoms with E-state index in [2.05, 4.69) is 27.1 Å². The molecule has 1 aliphatic heterocycles. The van der Waals surface area contributed by atoms with Crippen LogP contribution >= 0.6 is 23.4 Å². The number of hydrogen-bond acceptors (Lipinski definition) is 5. The number of likely N-dealkylation sites (N-methyl/N-ethyl adjacent to an activating group) is 1. The molecule has 0 unspecified atom stereocenters. The van der Waals surface area contributed by atoms with Gasteiger partial charge in [-0.2, -0.15) is 0 Å². The summed E-state index contributed by atoms with van der Waals surface area (Å²) < 4.78 is 0. The predicted octanol–water partition coefficient (Wildman–Crippen LogP) is 3.29. The Bertz CT molecular complexity index is 748. The first kappa shape index (κ1) is 20.0. The summed E-state index contributed by atoms with van der Waals surface area (Å²) in [7, 11) is 2.14. The van der Waals surface area contributed by atoms with E-state index in [-0.39, 0.29) is 5.91 Å². The molecule has 7 heteroatoms. The molecule has 1 N–H and O–H groups in total. The van der Waals surface area contributed by atoms with Crippen molar-refractivity contribution < 1.29 is 4.79 Å². The summed E-state index contributed by atoms with van der Waals surface area (Å²) in [5.74, 6) is 1.75. The normalized spacial score (nSPS) is 15.0. The maximum absolute atomic E-state index is 12.0. The second-order valence-electron chi connectivity index (χ2n) is 6.62. The van der Waals surface area contributed by atoms with Gasteiger partial charge in [-0.3, -0.25) is 4.79 Å². The molecule has 0 atom stereocenters. The maximum atomic E-state index is 12.0. The number of carbonyl (C=O) groups excluding carboxylic acids is 1. The summed E-state index contributed by atoms with van der Waals surface area (Å²) >= 11 is 7.72. The number of thioether (sulfide) groups is 1. The highest BCUT2D eigenvalue weighted by Gasteiger charge is 2.15. The summed E-state index contributed by atoms with van der Waals surface area (Å²) in [6, 6.07) is 11.8. The maximum Gasteiger partial charge on any atom is 0.221 e. The monoisotopic (exact) mass is 404 g/mol. The number of piperazine rings is 1. The van der Waals surface area contributed by atoms with Gasteiger partial charge in [0.1, 0.15) is 5.82 Å². The van der Waals surface area contributed by atoms with Crippen LogP contribution in [0.2, 0.25) is 5.02 Å². The van der Waals surface area contributed by atoms with Gasteiger partial charge in [-0.15, -0.1) is 11.8 Å². The lowest BCUT2D eigenvalue weighted by molar-refractivity contribution is -0.120. The molecule has 5 nitrogen and oxygen atoms in total. The fraction of sp³-hybridized carbons (Fsp3) is 0.400. The second-order valence-corrected chi connectivity index (χ2v) is 8.16. The molecule has 1 aromatic carbocycles. The van der Waals surface area contributed by atoms with Crippen LogP contribution in [0, 0.1) is 0 Å². The number of benzene rings is 1. The molecule has 144 valence electrons. The molecule has 1 aliphatic rings. The quantitative estimate of drug-likeness (QED) is 0.717. The van der Waals surface area contributed by atoms with E-state index in [0.717, 1.165) is 47.5 Å². The van der Waals surface area contributed by atoms with Crippen LogP contribution in [0.4, 0.5) is 5.82 Å². The van der Waals surface area contributed by atoms with Crippen molar-refractivity contribution in [3.05, 3.63) is 53.2 Å². The van der Waals surface area contributed by atoms with Crippen LogP contribution in [0.3, 0.4) is 0 Å². The van der Waals surface area contributed by atoms with Crippen molar-refractivity contribution in [1.29, 1.82) is 0 Å². The van der Waals surface area contributed by atoms with Gasteiger partial charge in [-0.25, -0.2) is 4.98 Å². The first-order chi connectivity index (χ1) is 13.1. The molecule has 3 rings (SSSR count). The molecular formula is C20H25ClN4OS. The van der Waals surface area contributed by atoms with Gasteiger partial charge in [0.25, 0.3) is 0 Å². The average molecular weight is 405 g/mol. The van der Waals surface area contributed by atoms with Crippen LogP contribution in [-0.4, -0.2) is 54.8 Å². The molecule has 0 radical (unpaired) electrons. The van der Waals surface area contributed by atoms with E-state index >= 15 is 0 Å². The van der Waals surface area contributed by atoms with E-state index < -0.39 is 0 Å². The SMILES string of the molecule is CN1CCN(c2ccc(CNC(=O)CCSc3ccccc3Cl)cn2)CC1. The van der Waals surface area contributed by atoms with Gasteiger partial charge in [0.2, 0.25) is 5.91 Å². The number of aromatic nitrogens is 1. The topological polar surface area (TPSA) is 48.5 Å². The molecule has 0 aliphatic carbocycles. The molecule has 1 fully saturated rings. The highest BCUT2D eigenvalue weighted by molar-refractivity contribution is 7.99. The van der Waals surface area contributed by atoms with E-state index in [0.29, 0.717) is 18.7 Å². The zero-order valence-electron chi connectivity index (χ0n) is 15.5. The first-order valence-electron chi connectivity index (χ1n) is 9.14. The lowest BCUT2D eigenvalue weighted by atomic mass is 10.2. The summed E-state index contributed by atoms with van der Waals surface area (Å²) in [4.78, 5) is 22.2. The minimum atomic E-state index is 0.0395. The van der Waals surface area contributed by atoms with Crippen LogP contribution in [0.25, 0.3) is 0 Å². The summed E-state index contributed by atoms with van der Waals surface area (Å²) in [6.45, 7) is 4.63.